The van der Waals surface area contributed by atoms with E-state index in [1.54, 1.807) is 0 Å². The lowest BCUT2D eigenvalue weighted by Gasteiger charge is -2.23. The molecule has 0 bridgehead atoms. The fourth-order valence-electron chi connectivity index (χ4n) is 3.04. The molecule has 3 N–H and O–H groups in total. The number of anilines is 1. The lowest BCUT2D eigenvalue weighted by atomic mass is 9.89. The number of hydrogen-bond donors (Lipinski definition) is 2. The van der Waals surface area contributed by atoms with E-state index in [1.165, 1.54) is 37.0 Å². The summed E-state index contributed by atoms with van der Waals surface area (Å²) in [7, 11) is 0. The second-order valence-electron chi connectivity index (χ2n) is 6.19. The van der Waals surface area contributed by atoms with E-state index in [9.17, 15) is 4.79 Å². The summed E-state index contributed by atoms with van der Waals surface area (Å²) < 4.78 is 2.03. The van der Waals surface area contributed by atoms with Crippen molar-refractivity contribution in [1.82, 2.24) is 5.32 Å². The van der Waals surface area contributed by atoms with Crippen LogP contribution >= 0.6 is 27.3 Å². The van der Waals surface area contributed by atoms with Gasteiger partial charge >= 0.3 is 0 Å². The van der Waals surface area contributed by atoms with Gasteiger partial charge in [0.2, 0.25) is 0 Å². The van der Waals surface area contributed by atoms with E-state index in [0.29, 0.717) is 10.6 Å². The molecule has 1 amide bonds. The van der Waals surface area contributed by atoms with Crippen molar-refractivity contribution in [3.8, 4) is 0 Å². The second kappa shape index (κ2) is 5.61. The molecule has 5 heteroatoms. The van der Waals surface area contributed by atoms with Crippen molar-refractivity contribution in [1.29, 1.82) is 0 Å². The van der Waals surface area contributed by atoms with Crippen LogP contribution in [0, 0.1) is 5.41 Å². The fraction of sp³-hybridized carbons (Fsp3) is 0.438. The first-order valence-corrected chi connectivity index (χ1v) is 8.85. The molecule has 0 saturated heterocycles. The first-order valence-electron chi connectivity index (χ1n) is 7.24. The predicted octanol–water partition coefficient (Wildman–Crippen LogP) is 4.56. The summed E-state index contributed by atoms with van der Waals surface area (Å²) in [6.45, 7) is 2.99. The van der Waals surface area contributed by atoms with Crippen molar-refractivity contribution in [3.05, 3.63) is 27.5 Å². The minimum absolute atomic E-state index is 0.0436. The van der Waals surface area contributed by atoms with Crippen LogP contribution in [0.4, 0.5) is 5.69 Å². The highest BCUT2D eigenvalue weighted by atomic mass is 79.9. The molecule has 1 aliphatic rings. The molecule has 1 aliphatic carbocycles. The van der Waals surface area contributed by atoms with Crippen molar-refractivity contribution in [2.45, 2.75) is 32.6 Å². The first-order chi connectivity index (χ1) is 9.98. The maximum absolute atomic E-state index is 12.4. The number of carbonyl (C=O) groups is 1. The zero-order chi connectivity index (χ0) is 15.0. The van der Waals surface area contributed by atoms with Crippen molar-refractivity contribution < 1.29 is 4.79 Å². The summed E-state index contributed by atoms with van der Waals surface area (Å²) in [6, 6.07) is 5.94. The third-order valence-electron chi connectivity index (χ3n) is 4.38. The molecule has 1 fully saturated rings. The van der Waals surface area contributed by atoms with Gasteiger partial charge in [-0.25, -0.2) is 0 Å². The number of nitrogens with two attached hydrogens (primary N) is 1. The van der Waals surface area contributed by atoms with Gasteiger partial charge in [-0.05, 0) is 36.5 Å². The van der Waals surface area contributed by atoms with E-state index >= 15 is 0 Å². The third-order valence-corrected chi connectivity index (χ3v) is 6.06. The molecule has 2 aromatic rings. The number of rotatable bonds is 3. The number of hydrogen-bond acceptors (Lipinski definition) is 3. The molecule has 3 rings (SSSR count). The maximum atomic E-state index is 12.4. The first kappa shape index (κ1) is 14.9. The Labute approximate surface area is 137 Å². The Balaban J connectivity index is 1.80. The van der Waals surface area contributed by atoms with Crippen LogP contribution in [0.3, 0.4) is 0 Å². The van der Waals surface area contributed by atoms with Crippen LogP contribution in [0.1, 0.15) is 42.3 Å². The number of nitrogens with one attached hydrogen (secondary N) is 1. The van der Waals surface area contributed by atoms with Gasteiger partial charge in [-0.15, -0.1) is 11.3 Å². The van der Waals surface area contributed by atoms with Crippen LogP contribution < -0.4 is 11.1 Å². The lowest BCUT2D eigenvalue weighted by Crippen LogP contribution is -2.34. The molecule has 1 aromatic carbocycles. The molecular formula is C16H19BrN2OS. The number of amides is 1. The van der Waals surface area contributed by atoms with E-state index < -0.39 is 0 Å². The summed E-state index contributed by atoms with van der Waals surface area (Å²) in [6.07, 6.45) is 4.93. The van der Waals surface area contributed by atoms with Gasteiger partial charge in [0.05, 0.1) is 5.69 Å². The fourth-order valence-corrected chi connectivity index (χ4v) is 4.42. The topological polar surface area (TPSA) is 55.1 Å². The Morgan fingerprint density at radius 1 is 1.43 bits per heavy atom. The van der Waals surface area contributed by atoms with Gasteiger partial charge in [0.1, 0.15) is 4.88 Å². The molecule has 1 saturated carbocycles. The molecule has 1 aromatic heterocycles. The van der Waals surface area contributed by atoms with Crippen LogP contribution in [0.15, 0.2) is 22.7 Å². The van der Waals surface area contributed by atoms with Gasteiger partial charge in [-0.2, -0.15) is 0 Å². The van der Waals surface area contributed by atoms with E-state index in [1.807, 2.05) is 18.2 Å². The van der Waals surface area contributed by atoms with Gasteiger partial charge in [-0.3, -0.25) is 4.79 Å². The van der Waals surface area contributed by atoms with Crippen LogP contribution in [-0.2, 0) is 0 Å². The van der Waals surface area contributed by atoms with E-state index in [0.717, 1.165) is 21.1 Å². The highest BCUT2D eigenvalue weighted by Gasteiger charge is 2.29. The van der Waals surface area contributed by atoms with Crippen molar-refractivity contribution in [2.75, 3.05) is 12.3 Å². The quantitative estimate of drug-likeness (QED) is 0.836. The summed E-state index contributed by atoms with van der Waals surface area (Å²) in [4.78, 5) is 13.1. The molecule has 0 atom stereocenters. The predicted molar refractivity (Wildman–Crippen MR) is 92.8 cm³/mol. The summed E-state index contributed by atoms with van der Waals surface area (Å²) >= 11 is 4.91. The summed E-state index contributed by atoms with van der Waals surface area (Å²) in [5.74, 6) is -0.0436. The summed E-state index contributed by atoms with van der Waals surface area (Å²) in [5, 5.41) is 4.03. The Hall–Kier alpha value is -1.07. The van der Waals surface area contributed by atoms with Crippen molar-refractivity contribution in [3.63, 3.8) is 0 Å². The number of halogens is 1. The molecule has 1 heterocycles. The average molecular weight is 367 g/mol. The number of benzene rings is 1. The zero-order valence-electron chi connectivity index (χ0n) is 12.0. The van der Waals surface area contributed by atoms with E-state index in [-0.39, 0.29) is 11.3 Å². The van der Waals surface area contributed by atoms with Crippen molar-refractivity contribution in [2.24, 2.45) is 5.41 Å². The normalized spacial score (nSPS) is 17.2. The highest BCUT2D eigenvalue weighted by Crippen LogP contribution is 2.38. The number of nitrogen functional groups attached to an aromatic ring is 1. The lowest BCUT2D eigenvalue weighted by molar-refractivity contribution is 0.0939. The average Bonchev–Trinajstić information content (AvgIpc) is 3.02. The van der Waals surface area contributed by atoms with Gasteiger partial charge in [-0.1, -0.05) is 35.7 Å². The van der Waals surface area contributed by atoms with Crippen LogP contribution in [0.2, 0.25) is 0 Å². The van der Waals surface area contributed by atoms with Gasteiger partial charge in [0.15, 0.2) is 0 Å². The Morgan fingerprint density at radius 2 is 2.14 bits per heavy atom. The van der Waals surface area contributed by atoms with Crippen LogP contribution in [-0.4, -0.2) is 12.5 Å². The Morgan fingerprint density at radius 3 is 2.86 bits per heavy atom. The maximum Gasteiger partial charge on any atom is 0.263 e. The number of fused-ring (bicyclic) bond motifs is 1. The monoisotopic (exact) mass is 366 g/mol. The molecule has 3 nitrogen and oxygen atoms in total. The van der Waals surface area contributed by atoms with Gasteiger partial charge in [0.25, 0.3) is 5.91 Å². The Kier molecular flexibility index (Phi) is 3.97. The molecule has 21 heavy (non-hydrogen) atoms. The van der Waals surface area contributed by atoms with Crippen molar-refractivity contribution >= 4 is 48.9 Å². The van der Waals surface area contributed by atoms with Crippen LogP contribution in [0.25, 0.3) is 10.1 Å². The minimum atomic E-state index is -0.0436. The zero-order valence-corrected chi connectivity index (χ0v) is 14.4. The van der Waals surface area contributed by atoms with Gasteiger partial charge < -0.3 is 11.1 Å². The minimum Gasteiger partial charge on any atom is -0.397 e. The number of carbonyl (C=O) groups excluding carboxylic acids is 1. The second-order valence-corrected chi connectivity index (χ2v) is 8.15. The van der Waals surface area contributed by atoms with Gasteiger partial charge in [0, 0.05) is 21.1 Å². The Bertz CT molecular complexity index is 689. The smallest absolute Gasteiger partial charge is 0.263 e. The molecule has 0 unspecified atom stereocenters. The largest absolute Gasteiger partial charge is 0.397 e. The van der Waals surface area contributed by atoms with E-state index in [4.69, 9.17) is 5.73 Å². The third kappa shape index (κ3) is 2.94. The molecule has 112 valence electrons. The highest BCUT2D eigenvalue weighted by molar-refractivity contribution is 9.10. The molecule has 0 radical (unpaired) electrons. The summed E-state index contributed by atoms with van der Waals surface area (Å²) in [5.41, 5.74) is 7.00. The molecule has 0 aliphatic heterocycles. The van der Waals surface area contributed by atoms with E-state index in [2.05, 4.69) is 28.2 Å². The number of thiophene rings is 1. The SMILES string of the molecule is CC1(CNC(=O)c2sc3ccc(Br)cc3c2N)CCCC1. The molecule has 0 spiro atoms. The molecular weight excluding hydrogens is 348 g/mol. The van der Waals surface area contributed by atoms with Crippen LogP contribution in [0.5, 0.6) is 0 Å². The standard InChI is InChI=1S/C16H19BrN2OS/c1-16(6-2-3-7-16)9-19-15(20)14-13(18)11-8-10(17)4-5-12(11)21-14/h4-5,8H,2-3,6-7,9,18H2,1H3,(H,19,20).